The molecule has 0 spiro atoms. The van der Waals surface area contributed by atoms with Crippen molar-refractivity contribution in [3.05, 3.63) is 57.9 Å². The first-order valence-corrected chi connectivity index (χ1v) is 8.14. The standard InChI is InChI=1S/C19H24N4O/c1-12-8-13-9-14(6-7-15(13)23(5)18(12)24)20-11-17-21-10-16(22-17)19(2,3)4/h6-10,20H,11H2,1-5H3,(H,21,22). The number of nitrogens with zero attached hydrogens (tertiary/aromatic N) is 2. The minimum atomic E-state index is 0.0495. The lowest BCUT2D eigenvalue weighted by molar-refractivity contribution is 0.571. The molecule has 0 atom stereocenters. The summed E-state index contributed by atoms with van der Waals surface area (Å²) >= 11 is 0. The number of anilines is 1. The summed E-state index contributed by atoms with van der Waals surface area (Å²) < 4.78 is 1.69. The second kappa shape index (κ2) is 5.82. The molecule has 0 aliphatic carbocycles. The fourth-order valence-electron chi connectivity index (χ4n) is 2.77. The van der Waals surface area contributed by atoms with Gasteiger partial charge in [0, 0.05) is 41.0 Å². The van der Waals surface area contributed by atoms with Gasteiger partial charge in [0.25, 0.3) is 5.56 Å². The van der Waals surface area contributed by atoms with E-state index in [0.717, 1.165) is 33.7 Å². The number of imidazole rings is 1. The SMILES string of the molecule is Cc1cc2cc(NCc3ncc(C(C)(C)C)[nH]3)ccc2n(C)c1=O. The van der Waals surface area contributed by atoms with Gasteiger partial charge in [0.1, 0.15) is 5.82 Å². The summed E-state index contributed by atoms with van der Waals surface area (Å²) in [5.41, 5.74) is 3.94. The first kappa shape index (κ1) is 16.3. The molecule has 0 unspecified atom stereocenters. The van der Waals surface area contributed by atoms with Crippen LogP contribution in [0.1, 0.15) is 37.9 Å². The van der Waals surface area contributed by atoms with Crippen molar-refractivity contribution in [2.75, 3.05) is 5.32 Å². The average molecular weight is 324 g/mol. The minimum absolute atomic E-state index is 0.0495. The van der Waals surface area contributed by atoms with E-state index >= 15 is 0 Å². The van der Waals surface area contributed by atoms with Crippen LogP contribution in [0.5, 0.6) is 0 Å². The molecule has 126 valence electrons. The highest BCUT2D eigenvalue weighted by Gasteiger charge is 2.16. The number of aromatic nitrogens is 3. The molecule has 3 rings (SSSR count). The summed E-state index contributed by atoms with van der Waals surface area (Å²) in [6.07, 6.45) is 1.90. The predicted octanol–water partition coefficient (Wildman–Crippen LogP) is 3.48. The van der Waals surface area contributed by atoms with Gasteiger partial charge in [-0.15, -0.1) is 0 Å². The Morgan fingerprint density at radius 1 is 1.25 bits per heavy atom. The lowest BCUT2D eigenvalue weighted by atomic mass is 9.93. The molecule has 0 aliphatic heterocycles. The summed E-state index contributed by atoms with van der Waals surface area (Å²) in [4.78, 5) is 19.8. The Hall–Kier alpha value is -2.56. The summed E-state index contributed by atoms with van der Waals surface area (Å²) in [5.74, 6) is 0.914. The van der Waals surface area contributed by atoms with Crippen LogP contribution in [0.15, 0.2) is 35.3 Å². The van der Waals surface area contributed by atoms with Crippen LogP contribution in [-0.4, -0.2) is 14.5 Å². The molecule has 0 saturated heterocycles. The Morgan fingerprint density at radius 3 is 2.67 bits per heavy atom. The van der Waals surface area contributed by atoms with E-state index in [1.165, 1.54) is 0 Å². The van der Waals surface area contributed by atoms with Crippen LogP contribution in [0.2, 0.25) is 0 Å². The Kier molecular flexibility index (Phi) is 3.95. The van der Waals surface area contributed by atoms with Crippen LogP contribution in [0.25, 0.3) is 10.9 Å². The van der Waals surface area contributed by atoms with Crippen molar-refractivity contribution in [1.82, 2.24) is 14.5 Å². The number of hydrogen-bond donors (Lipinski definition) is 2. The molecule has 2 N–H and O–H groups in total. The zero-order valence-corrected chi connectivity index (χ0v) is 14.9. The molecule has 0 amide bonds. The lowest BCUT2D eigenvalue weighted by Gasteiger charge is -2.15. The van der Waals surface area contributed by atoms with E-state index in [1.807, 2.05) is 38.4 Å². The summed E-state index contributed by atoms with van der Waals surface area (Å²) in [6, 6.07) is 7.97. The van der Waals surface area contributed by atoms with Crippen LogP contribution < -0.4 is 10.9 Å². The minimum Gasteiger partial charge on any atom is -0.378 e. The molecular formula is C19H24N4O. The number of aryl methyl sites for hydroxylation is 2. The van der Waals surface area contributed by atoms with Crippen LogP contribution in [0, 0.1) is 6.92 Å². The Morgan fingerprint density at radius 2 is 2.00 bits per heavy atom. The third kappa shape index (κ3) is 3.07. The van der Waals surface area contributed by atoms with E-state index < -0.39 is 0 Å². The van der Waals surface area contributed by atoms with Crippen molar-refractivity contribution in [1.29, 1.82) is 0 Å². The van der Waals surface area contributed by atoms with Gasteiger partial charge in [-0.2, -0.15) is 0 Å². The highest BCUT2D eigenvalue weighted by atomic mass is 16.1. The number of rotatable bonds is 3. The zero-order chi connectivity index (χ0) is 17.5. The van der Waals surface area contributed by atoms with Gasteiger partial charge in [-0.3, -0.25) is 4.79 Å². The molecule has 0 saturated carbocycles. The van der Waals surface area contributed by atoms with Crippen LogP contribution >= 0.6 is 0 Å². The topological polar surface area (TPSA) is 62.7 Å². The number of pyridine rings is 1. The van der Waals surface area contributed by atoms with Crippen molar-refractivity contribution in [2.24, 2.45) is 7.05 Å². The maximum Gasteiger partial charge on any atom is 0.253 e. The molecule has 24 heavy (non-hydrogen) atoms. The average Bonchev–Trinajstić information content (AvgIpc) is 3.00. The van der Waals surface area contributed by atoms with Gasteiger partial charge in [-0.05, 0) is 31.2 Å². The molecule has 0 fully saturated rings. The van der Waals surface area contributed by atoms with Crippen LogP contribution in [-0.2, 0) is 19.0 Å². The van der Waals surface area contributed by atoms with Gasteiger partial charge in [0.05, 0.1) is 12.1 Å². The smallest absolute Gasteiger partial charge is 0.253 e. The first-order chi connectivity index (χ1) is 11.3. The number of hydrogen-bond acceptors (Lipinski definition) is 3. The fourth-order valence-corrected chi connectivity index (χ4v) is 2.77. The number of H-pyrrole nitrogens is 1. The quantitative estimate of drug-likeness (QED) is 0.775. The molecule has 2 aromatic heterocycles. The van der Waals surface area contributed by atoms with Crippen molar-refractivity contribution >= 4 is 16.6 Å². The summed E-state index contributed by atoms with van der Waals surface area (Å²) in [7, 11) is 1.81. The molecule has 0 aliphatic rings. The van der Waals surface area contributed by atoms with Gasteiger partial charge in [-0.1, -0.05) is 20.8 Å². The van der Waals surface area contributed by atoms with Gasteiger partial charge < -0.3 is 14.9 Å². The number of fused-ring (bicyclic) bond motifs is 1. The second-order valence-electron chi connectivity index (χ2n) is 7.31. The maximum absolute atomic E-state index is 12.0. The number of benzene rings is 1. The highest BCUT2D eigenvalue weighted by molar-refractivity contribution is 5.83. The van der Waals surface area contributed by atoms with E-state index in [4.69, 9.17) is 0 Å². The molecular weight excluding hydrogens is 300 g/mol. The van der Waals surface area contributed by atoms with E-state index in [1.54, 1.807) is 4.57 Å². The Labute approximate surface area is 141 Å². The van der Waals surface area contributed by atoms with Crippen molar-refractivity contribution in [3.63, 3.8) is 0 Å². The molecule has 0 radical (unpaired) electrons. The van der Waals surface area contributed by atoms with Crippen molar-refractivity contribution in [3.8, 4) is 0 Å². The third-order valence-corrected chi connectivity index (χ3v) is 4.30. The molecule has 5 nitrogen and oxygen atoms in total. The van der Waals surface area contributed by atoms with Gasteiger partial charge in [0.2, 0.25) is 0 Å². The predicted molar refractivity (Wildman–Crippen MR) is 98.5 cm³/mol. The van der Waals surface area contributed by atoms with Crippen molar-refractivity contribution < 1.29 is 0 Å². The second-order valence-corrected chi connectivity index (χ2v) is 7.31. The largest absolute Gasteiger partial charge is 0.378 e. The lowest BCUT2D eigenvalue weighted by Crippen LogP contribution is -2.19. The highest BCUT2D eigenvalue weighted by Crippen LogP contribution is 2.21. The normalized spacial score (nSPS) is 11.9. The van der Waals surface area contributed by atoms with Gasteiger partial charge >= 0.3 is 0 Å². The van der Waals surface area contributed by atoms with Crippen LogP contribution in [0.4, 0.5) is 5.69 Å². The Balaban J connectivity index is 1.82. The van der Waals surface area contributed by atoms with E-state index in [9.17, 15) is 4.79 Å². The number of nitrogens with one attached hydrogen (secondary N) is 2. The fraction of sp³-hybridized carbons (Fsp3) is 0.368. The molecule has 1 aromatic carbocycles. The Bertz CT molecular complexity index is 944. The first-order valence-electron chi connectivity index (χ1n) is 8.14. The summed E-state index contributed by atoms with van der Waals surface area (Å²) in [5, 5.41) is 4.44. The van der Waals surface area contributed by atoms with Gasteiger partial charge in [-0.25, -0.2) is 4.98 Å². The monoisotopic (exact) mass is 324 g/mol. The molecule has 3 aromatic rings. The summed E-state index contributed by atoms with van der Waals surface area (Å²) in [6.45, 7) is 8.96. The maximum atomic E-state index is 12.0. The zero-order valence-electron chi connectivity index (χ0n) is 14.9. The number of aromatic amines is 1. The van der Waals surface area contributed by atoms with Gasteiger partial charge in [0.15, 0.2) is 0 Å². The van der Waals surface area contributed by atoms with E-state index in [0.29, 0.717) is 6.54 Å². The van der Waals surface area contributed by atoms with Crippen LogP contribution in [0.3, 0.4) is 0 Å². The van der Waals surface area contributed by atoms with Crippen molar-refractivity contribution in [2.45, 2.75) is 39.7 Å². The van der Waals surface area contributed by atoms with E-state index in [2.05, 4.69) is 42.1 Å². The molecule has 0 bridgehead atoms. The van der Waals surface area contributed by atoms with E-state index in [-0.39, 0.29) is 11.0 Å². The molecule has 5 heteroatoms. The third-order valence-electron chi connectivity index (χ3n) is 4.30. The molecule has 2 heterocycles.